The van der Waals surface area contributed by atoms with E-state index in [0.717, 1.165) is 37.3 Å². The molecule has 0 radical (unpaired) electrons. The van der Waals surface area contributed by atoms with Crippen LogP contribution in [0.1, 0.15) is 44.2 Å². The molecule has 102 valence electrons. The second-order valence-corrected chi connectivity index (χ2v) is 5.14. The Morgan fingerprint density at radius 3 is 2.95 bits per heavy atom. The maximum absolute atomic E-state index is 9.39. The smallest absolute Gasteiger partial charge is 0.101 e. The Morgan fingerprint density at radius 2 is 2.26 bits per heavy atom. The second-order valence-electron chi connectivity index (χ2n) is 5.14. The first kappa shape index (κ1) is 13.9. The van der Waals surface area contributed by atoms with E-state index in [9.17, 15) is 5.26 Å². The van der Waals surface area contributed by atoms with Crippen LogP contribution in [0.3, 0.4) is 0 Å². The molecule has 1 fully saturated rings. The Morgan fingerprint density at radius 1 is 1.42 bits per heavy atom. The summed E-state index contributed by atoms with van der Waals surface area (Å²) in [6.45, 7) is 7.19. The summed E-state index contributed by atoms with van der Waals surface area (Å²) in [6, 6.07) is 9.27. The Hall–Kier alpha value is -1.53. The predicted octanol–water partition coefficient (Wildman–Crippen LogP) is 3.05. The Kier molecular flexibility index (Phi) is 4.81. The lowest BCUT2D eigenvalue weighted by Gasteiger charge is -2.27. The van der Waals surface area contributed by atoms with E-state index >= 15 is 0 Å². The first-order valence-electron chi connectivity index (χ1n) is 7.30. The highest BCUT2D eigenvalue weighted by atomic mass is 15.2. The fourth-order valence-electron chi connectivity index (χ4n) is 2.88. The molecule has 3 heteroatoms. The summed E-state index contributed by atoms with van der Waals surface area (Å²) in [4.78, 5) is 2.41. The highest BCUT2D eigenvalue weighted by molar-refractivity contribution is 5.61. The molecule has 0 bridgehead atoms. The number of benzene rings is 1. The monoisotopic (exact) mass is 257 g/mol. The van der Waals surface area contributed by atoms with Crippen LogP contribution in [0.25, 0.3) is 0 Å². The molecular formula is C16H23N3. The van der Waals surface area contributed by atoms with Crippen LogP contribution in [0, 0.1) is 11.3 Å². The fraction of sp³-hybridized carbons (Fsp3) is 0.562. The molecule has 1 aliphatic rings. The van der Waals surface area contributed by atoms with Gasteiger partial charge in [0, 0.05) is 19.1 Å². The molecule has 2 rings (SSSR count). The Balaban J connectivity index is 2.23. The predicted molar refractivity (Wildman–Crippen MR) is 79.2 cm³/mol. The maximum Gasteiger partial charge on any atom is 0.101 e. The zero-order chi connectivity index (χ0) is 13.7. The quantitative estimate of drug-likeness (QED) is 0.881. The lowest BCUT2D eigenvalue weighted by molar-refractivity contribution is 0.645. The molecule has 0 spiro atoms. The van der Waals surface area contributed by atoms with E-state index in [2.05, 4.69) is 42.3 Å². The van der Waals surface area contributed by atoms with Crippen molar-refractivity contribution in [2.45, 2.75) is 45.7 Å². The summed E-state index contributed by atoms with van der Waals surface area (Å²) >= 11 is 0. The molecule has 1 saturated heterocycles. The molecule has 1 unspecified atom stereocenters. The third kappa shape index (κ3) is 3.08. The molecule has 1 aromatic rings. The fourth-order valence-corrected chi connectivity index (χ4v) is 2.88. The first-order chi connectivity index (χ1) is 9.30. The van der Waals surface area contributed by atoms with E-state index in [4.69, 9.17) is 0 Å². The van der Waals surface area contributed by atoms with E-state index in [1.54, 1.807) is 0 Å². The highest BCUT2D eigenvalue weighted by Crippen LogP contribution is 2.30. The molecule has 1 heterocycles. The van der Waals surface area contributed by atoms with Crippen molar-refractivity contribution >= 4 is 5.69 Å². The molecule has 1 aliphatic heterocycles. The molecule has 3 nitrogen and oxygen atoms in total. The number of nitriles is 1. The molecule has 0 amide bonds. The molecule has 0 aliphatic carbocycles. The van der Waals surface area contributed by atoms with Crippen molar-refractivity contribution in [2.24, 2.45) is 0 Å². The number of nitrogens with zero attached hydrogens (tertiary/aromatic N) is 2. The van der Waals surface area contributed by atoms with Crippen molar-refractivity contribution in [3.63, 3.8) is 0 Å². The highest BCUT2D eigenvalue weighted by Gasteiger charge is 2.24. The number of hydrogen-bond donors (Lipinski definition) is 1. The third-order valence-electron chi connectivity index (χ3n) is 3.92. The second kappa shape index (κ2) is 6.58. The van der Waals surface area contributed by atoms with Crippen LogP contribution in [0.2, 0.25) is 0 Å². The van der Waals surface area contributed by atoms with Gasteiger partial charge in [-0.3, -0.25) is 0 Å². The molecule has 0 aromatic heterocycles. The minimum atomic E-state index is 0.603. The van der Waals surface area contributed by atoms with E-state index < -0.39 is 0 Å². The summed E-state index contributed by atoms with van der Waals surface area (Å²) in [5, 5.41) is 12.7. The zero-order valence-electron chi connectivity index (χ0n) is 11.9. The summed E-state index contributed by atoms with van der Waals surface area (Å²) in [5.74, 6) is 0. The zero-order valence-corrected chi connectivity index (χ0v) is 11.9. The van der Waals surface area contributed by atoms with Crippen molar-refractivity contribution in [1.82, 2.24) is 5.32 Å². The Bertz CT molecular complexity index is 462. The maximum atomic E-state index is 9.39. The standard InChI is InChI=1S/C16H23N3/c1-3-15-6-5-9-19(15)16-8-7-13(12-18-4-2)10-14(16)11-17/h7-8,10,15,18H,3-6,9,12H2,1-2H3. The van der Waals surface area contributed by atoms with E-state index in [-0.39, 0.29) is 0 Å². The van der Waals surface area contributed by atoms with E-state index in [0.29, 0.717) is 6.04 Å². The molecule has 1 aromatic carbocycles. The van der Waals surface area contributed by atoms with Gasteiger partial charge in [0.05, 0.1) is 11.3 Å². The van der Waals surface area contributed by atoms with Crippen molar-refractivity contribution in [2.75, 3.05) is 18.0 Å². The minimum Gasteiger partial charge on any atom is -0.367 e. The number of nitrogens with one attached hydrogen (secondary N) is 1. The topological polar surface area (TPSA) is 39.1 Å². The lowest BCUT2D eigenvalue weighted by atomic mass is 10.1. The largest absolute Gasteiger partial charge is 0.367 e. The van der Waals surface area contributed by atoms with Gasteiger partial charge in [0.1, 0.15) is 6.07 Å². The van der Waals surface area contributed by atoms with Gasteiger partial charge in [-0.2, -0.15) is 5.26 Å². The van der Waals surface area contributed by atoms with Crippen LogP contribution in [0.5, 0.6) is 0 Å². The van der Waals surface area contributed by atoms with Crippen molar-refractivity contribution in [1.29, 1.82) is 5.26 Å². The van der Waals surface area contributed by atoms with Crippen LogP contribution < -0.4 is 10.2 Å². The van der Waals surface area contributed by atoms with Gasteiger partial charge >= 0.3 is 0 Å². The van der Waals surface area contributed by atoms with E-state index in [1.807, 2.05) is 6.07 Å². The van der Waals surface area contributed by atoms with Crippen molar-refractivity contribution in [3.05, 3.63) is 29.3 Å². The van der Waals surface area contributed by atoms with Gasteiger partial charge in [0.2, 0.25) is 0 Å². The summed E-state index contributed by atoms with van der Waals surface area (Å²) in [7, 11) is 0. The number of hydrogen-bond acceptors (Lipinski definition) is 3. The summed E-state index contributed by atoms with van der Waals surface area (Å²) in [5.41, 5.74) is 3.12. The average molecular weight is 257 g/mol. The van der Waals surface area contributed by atoms with Gasteiger partial charge in [0.25, 0.3) is 0 Å². The summed E-state index contributed by atoms with van der Waals surface area (Å²) < 4.78 is 0. The van der Waals surface area contributed by atoms with Crippen LogP contribution >= 0.6 is 0 Å². The van der Waals surface area contributed by atoms with E-state index in [1.165, 1.54) is 18.4 Å². The van der Waals surface area contributed by atoms with Crippen LogP contribution in [0.4, 0.5) is 5.69 Å². The van der Waals surface area contributed by atoms with Gasteiger partial charge in [-0.05, 0) is 43.5 Å². The van der Waals surface area contributed by atoms with Crippen LogP contribution in [-0.4, -0.2) is 19.1 Å². The van der Waals surface area contributed by atoms with Gasteiger partial charge in [-0.25, -0.2) is 0 Å². The Labute approximate surface area is 116 Å². The molecule has 0 saturated carbocycles. The van der Waals surface area contributed by atoms with Crippen molar-refractivity contribution in [3.8, 4) is 6.07 Å². The SMILES string of the molecule is CCNCc1ccc(N2CCCC2CC)c(C#N)c1. The van der Waals surface area contributed by atoms with Gasteiger partial charge < -0.3 is 10.2 Å². The summed E-state index contributed by atoms with van der Waals surface area (Å²) in [6.07, 6.45) is 3.65. The first-order valence-corrected chi connectivity index (χ1v) is 7.30. The average Bonchev–Trinajstić information content (AvgIpc) is 2.93. The number of rotatable bonds is 5. The van der Waals surface area contributed by atoms with Crippen molar-refractivity contribution < 1.29 is 0 Å². The minimum absolute atomic E-state index is 0.603. The number of anilines is 1. The normalized spacial score (nSPS) is 18.6. The third-order valence-corrected chi connectivity index (χ3v) is 3.92. The van der Waals surface area contributed by atoms with Crippen LogP contribution in [-0.2, 0) is 6.54 Å². The molecular weight excluding hydrogens is 234 g/mol. The lowest BCUT2D eigenvalue weighted by Crippen LogP contribution is -2.29. The molecule has 1 atom stereocenters. The van der Waals surface area contributed by atoms with Crippen LogP contribution in [0.15, 0.2) is 18.2 Å². The molecule has 19 heavy (non-hydrogen) atoms. The van der Waals surface area contributed by atoms with Gasteiger partial charge in [-0.1, -0.05) is 19.9 Å². The van der Waals surface area contributed by atoms with Gasteiger partial charge in [0.15, 0.2) is 0 Å². The van der Waals surface area contributed by atoms with Gasteiger partial charge in [-0.15, -0.1) is 0 Å². The molecule has 1 N–H and O–H groups in total.